The van der Waals surface area contributed by atoms with E-state index in [-0.39, 0.29) is 16.7 Å². The third-order valence-electron chi connectivity index (χ3n) is 5.71. The van der Waals surface area contributed by atoms with Gasteiger partial charge in [0.15, 0.2) is 5.11 Å². The van der Waals surface area contributed by atoms with Gasteiger partial charge in [0.2, 0.25) is 5.82 Å². The van der Waals surface area contributed by atoms with Crippen molar-refractivity contribution in [3.05, 3.63) is 102 Å². The van der Waals surface area contributed by atoms with Crippen LogP contribution in [0.3, 0.4) is 0 Å². The number of halogens is 2. The second kappa shape index (κ2) is 9.27. The van der Waals surface area contributed by atoms with E-state index < -0.39 is 17.7 Å². The highest BCUT2D eigenvalue weighted by Gasteiger charge is 2.35. The highest BCUT2D eigenvalue weighted by molar-refractivity contribution is 7.80. The summed E-state index contributed by atoms with van der Waals surface area (Å²) in [6.07, 6.45) is 0. The average Bonchev–Trinajstić information content (AvgIpc) is 3.33. The maximum atomic E-state index is 14.1. The van der Waals surface area contributed by atoms with Crippen molar-refractivity contribution in [2.24, 2.45) is 0 Å². The molecule has 0 aliphatic carbocycles. The number of anilines is 1. The summed E-state index contributed by atoms with van der Waals surface area (Å²) >= 11 is 5.63. The minimum absolute atomic E-state index is 0.238. The fourth-order valence-corrected chi connectivity index (χ4v) is 4.47. The molecular formula is C26H20F2N4O2S. The first-order valence-corrected chi connectivity index (χ1v) is 11.2. The highest BCUT2D eigenvalue weighted by atomic mass is 32.1. The highest BCUT2D eigenvalue weighted by Crippen LogP contribution is 2.40. The molecule has 1 aliphatic heterocycles. The van der Waals surface area contributed by atoms with Crippen LogP contribution in [0.2, 0.25) is 0 Å². The number of allylic oxidation sites excluding steroid dienone is 1. The molecule has 176 valence electrons. The monoisotopic (exact) mass is 490 g/mol. The minimum Gasteiger partial charge on any atom is -0.497 e. The molecule has 3 aromatic carbocycles. The van der Waals surface area contributed by atoms with Gasteiger partial charge in [-0.1, -0.05) is 47.6 Å². The number of aromatic nitrogens is 2. The molecule has 1 aliphatic rings. The topological polar surface area (TPSA) is 63.4 Å². The zero-order chi connectivity index (χ0) is 24.5. The molecule has 0 saturated heterocycles. The molecule has 9 heteroatoms. The lowest BCUT2D eigenvalue weighted by Gasteiger charge is -2.37. The van der Waals surface area contributed by atoms with Crippen molar-refractivity contribution >= 4 is 28.6 Å². The molecule has 0 bridgehead atoms. The van der Waals surface area contributed by atoms with E-state index in [9.17, 15) is 8.78 Å². The molecule has 1 atom stereocenters. The first-order valence-electron chi connectivity index (χ1n) is 10.8. The summed E-state index contributed by atoms with van der Waals surface area (Å²) in [5, 5.41) is 7.70. The SMILES string of the molecule is COc1cccc(C2NC(=S)N(c3cc(F)cc(F)c3)C(C)=C2c2nc(-c3ccccc3)no2)c1. The first-order chi connectivity index (χ1) is 16.9. The molecule has 1 N–H and O–H groups in total. The molecule has 6 nitrogen and oxygen atoms in total. The smallest absolute Gasteiger partial charge is 0.258 e. The fraction of sp³-hybridized carbons (Fsp3) is 0.115. The number of methoxy groups -OCH3 is 1. The molecule has 5 rings (SSSR count). The number of rotatable bonds is 5. The molecular weight excluding hydrogens is 470 g/mol. The van der Waals surface area contributed by atoms with Gasteiger partial charge in [-0.05, 0) is 49.0 Å². The molecule has 0 spiro atoms. The first kappa shape index (κ1) is 22.7. The van der Waals surface area contributed by atoms with Gasteiger partial charge in [-0.25, -0.2) is 8.78 Å². The van der Waals surface area contributed by atoms with Crippen LogP contribution >= 0.6 is 12.2 Å². The Labute approximate surface area is 205 Å². The van der Waals surface area contributed by atoms with Crippen molar-refractivity contribution < 1.29 is 18.0 Å². The van der Waals surface area contributed by atoms with E-state index in [1.54, 1.807) is 18.9 Å². The third-order valence-corrected chi connectivity index (χ3v) is 6.01. The van der Waals surface area contributed by atoms with Crippen molar-refractivity contribution in [3.8, 4) is 17.1 Å². The van der Waals surface area contributed by atoms with Crippen LogP contribution in [0.5, 0.6) is 5.75 Å². The van der Waals surface area contributed by atoms with E-state index >= 15 is 0 Å². The third kappa shape index (κ3) is 4.38. The van der Waals surface area contributed by atoms with Gasteiger partial charge in [-0.2, -0.15) is 4.98 Å². The van der Waals surface area contributed by atoms with E-state index in [4.69, 9.17) is 21.5 Å². The maximum Gasteiger partial charge on any atom is 0.258 e. The Morgan fingerprint density at radius 3 is 2.46 bits per heavy atom. The van der Waals surface area contributed by atoms with E-state index in [2.05, 4.69) is 15.5 Å². The fourth-order valence-electron chi connectivity index (χ4n) is 4.11. The summed E-state index contributed by atoms with van der Waals surface area (Å²) in [4.78, 5) is 6.19. The number of nitrogens with one attached hydrogen (secondary N) is 1. The quantitative estimate of drug-likeness (QED) is 0.350. The van der Waals surface area contributed by atoms with Crippen LogP contribution in [0, 0.1) is 11.6 Å². The largest absolute Gasteiger partial charge is 0.497 e. The molecule has 1 unspecified atom stereocenters. The van der Waals surface area contributed by atoms with Crippen LogP contribution in [0.4, 0.5) is 14.5 Å². The zero-order valence-corrected chi connectivity index (χ0v) is 19.6. The molecule has 35 heavy (non-hydrogen) atoms. The van der Waals surface area contributed by atoms with Gasteiger partial charge in [-0.3, -0.25) is 4.90 Å². The van der Waals surface area contributed by atoms with Crippen LogP contribution in [0.25, 0.3) is 17.0 Å². The van der Waals surface area contributed by atoms with Crippen LogP contribution in [0.1, 0.15) is 24.4 Å². The van der Waals surface area contributed by atoms with Gasteiger partial charge in [0.05, 0.1) is 24.4 Å². The van der Waals surface area contributed by atoms with Crippen LogP contribution < -0.4 is 15.0 Å². The van der Waals surface area contributed by atoms with Gasteiger partial charge in [0.1, 0.15) is 17.4 Å². The summed E-state index contributed by atoms with van der Waals surface area (Å²) in [5.41, 5.74) is 3.08. The molecule has 2 heterocycles. The lowest BCUT2D eigenvalue weighted by molar-refractivity contribution is 0.403. The van der Waals surface area contributed by atoms with Crippen molar-refractivity contribution in [1.82, 2.24) is 15.5 Å². The number of ether oxygens (including phenoxy) is 1. The standard InChI is InChI=1S/C26H20F2N4O2S/c1-15-22(25-30-24(31-34-25)16-7-4-3-5-8-16)23(17-9-6-10-21(11-17)33-2)29-26(35)32(15)20-13-18(27)12-19(28)14-20/h3-14,23H,1-2H3,(H,29,35). The predicted octanol–water partition coefficient (Wildman–Crippen LogP) is 5.89. The van der Waals surface area contributed by atoms with E-state index in [1.807, 2.05) is 54.6 Å². The van der Waals surface area contributed by atoms with Crippen LogP contribution in [0.15, 0.2) is 83.0 Å². The van der Waals surface area contributed by atoms with E-state index in [1.165, 1.54) is 12.1 Å². The zero-order valence-electron chi connectivity index (χ0n) is 18.8. The van der Waals surface area contributed by atoms with Gasteiger partial charge in [0.25, 0.3) is 5.89 Å². The Hall–Kier alpha value is -4.11. The second-order valence-corrected chi connectivity index (χ2v) is 8.30. The Kier molecular flexibility index (Phi) is 6.00. The lowest BCUT2D eigenvalue weighted by Crippen LogP contribution is -2.46. The summed E-state index contributed by atoms with van der Waals surface area (Å²) in [7, 11) is 1.59. The summed E-state index contributed by atoms with van der Waals surface area (Å²) in [6.45, 7) is 1.80. The van der Waals surface area contributed by atoms with Gasteiger partial charge >= 0.3 is 0 Å². The number of hydrogen-bond acceptors (Lipinski definition) is 5. The Morgan fingerprint density at radius 1 is 1.00 bits per heavy atom. The van der Waals surface area contributed by atoms with Gasteiger partial charge < -0.3 is 14.6 Å². The van der Waals surface area contributed by atoms with E-state index in [0.29, 0.717) is 22.8 Å². The maximum absolute atomic E-state index is 14.1. The predicted molar refractivity (Wildman–Crippen MR) is 133 cm³/mol. The van der Waals surface area contributed by atoms with Crippen molar-refractivity contribution in [3.63, 3.8) is 0 Å². The van der Waals surface area contributed by atoms with Crippen LogP contribution in [-0.4, -0.2) is 22.4 Å². The molecule has 0 saturated carbocycles. The van der Waals surface area contributed by atoms with Crippen molar-refractivity contribution in [1.29, 1.82) is 0 Å². The summed E-state index contributed by atoms with van der Waals surface area (Å²) in [6, 6.07) is 19.7. The second-order valence-electron chi connectivity index (χ2n) is 7.91. The molecule has 1 aromatic heterocycles. The Bertz CT molecular complexity index is 1420. The number of hydrogen-bond donors (Lipinski definition) is 1. The van der Waals surface area contributed by atoms with Crippen LogP contribution in [-0.2, 0) is 0 Å². The van der Waals surface area contributed by atoms with Gasteiger partial charge in [-0.15, -0.1) is 0 Å². The van der Waals surface area contributed by atoms with E-state index in [0.717, 1.165) is 17.2 Å². The molecule has 0 fully saturated rings. The normalized spacial score (nSPS) is 15.8. The van der Waals surface area contributed by atoms with Crippen molar-refractivity contribution in [2.75, 3.05) is 12.0 Å². The molecule has 0 radical (unpaired) electrons. The summed E-state index contributed by atoms with van der Waals surface area (Å²) < 4.78 is 39.2. The lowest BCUT2D eigenvalue weighted by atomic mass is 9.94. The minimum atomic E-state index is -0.712. The van der Waals surface area contributed by atoms with Crippen molar-refractivity contribution in [2.45, 2.75) is 13.0 Å². The molecule has 0 amide bonds. The number of nitrogens with zero attached hydrogens (tertiary/aromatic N) is 3. The number of benzene rings is 3. The van der Waals surface area contributed by atoms with Gasteiger partial charge in [0, 0.05) is 17.3 Å². The Morgan fingerprint density at radius 2 is 1.74 bits per heavy atom. The number of thiocarbonyl (C=S) groups is 1. The average molecular weight is 491 g/mol. The summed E-state index contributed by atoms with van der Waals surface area (Å²) in [5.74, 6) is -0.0855. The Balaban J connectivity index is 1.68. The molecule has 4 aromatic rings.